The number of esters is 1. The molecule has 0 amide bonds. The molecule has 3 aliphatic rings. The lowest BCUT2D eigenvalue weighted by Crippen LogP contribution is -2.61. The highest BCUT2D eigenvalue weighted by molar-refractivity contribution is 5.73. The van der Waals surface area contributed by atoms with Crippen LogP contribution in [0.5, 0.6) is 0 Å². The maximum atomic E-state index is 14.1. The molecule has 3 heterocycles. The zero-order valence-corrected chi connectivity index (χ0v) is 32.7. The van der Waals surface area contributed by atoms with Crippen molar-refractivity contribution in [3.8, 4) is 6.07 Å². The SMILES string of the molecule is CC[C@H]1OC(=O)[C@H](C)[C@@H](O[C@H]2C[C@@](C)(OC)[C@@H](O)[C@H](C)O2)[C@H](C)[C@@H](O[C@@H]2O[C@H](C)C[C@H](NC)[C@H]2O)[C@](C)(O)C[C@@H](C)CN(CCC#N)C[C@]1(C)O. The molecule has 3 rings (SSSR count). The van der Waals surface area contributed by atoms with Gasteiger partial charge in [-0.05, 0) is 73.8 Å². The Morgan fingerprint density at radius 3 is 2.29 bits per heavy atom. The normalized spacial score (nSPS) is 46.9. The molecule has 14 heteroatoms. The Kier molecular flexibility index (Phi) is 15.7. The van der Waals surface area contributed by atoms with Crippen LogP contribution in [-0.2, 0) is 33.2 Å². The Morgan fingerprint density at radius 1 is 1.04 bits per heavy atom. The number of carbonyl (C=O) groups excluding carboxylic acids is 1. The summed E-state index contributed by atoms with van der Waals surface area (Å²) in [4.78, 5) is 16.1. The van der Waals surface area contributed by atoms with Gasteiger partial charge in [0.15, 0.2) is 12.6 Å². The first kappa shape index (κ1) is 43.9. The van der Waals surface area contributed by atoms with Crippen LogP contribution in [-0.4, -0.2) is 143 Å². The number of cyclic esters (lactones) is 1. The third kappa shape index (κ3) is 10.8. The number of hydrogen-bond acceptors (Lipinski definition) is 14. The van der Waals surface area contributed by atoms with Crippen molar-refractivity contribution in [1.29, 1.82) is 5.26 Å². The fourth-order valence-corrected chi connectivity index (χ4v) is 8.43. The molecule has 0 bridgehead atoms. The van der Waals surface area contributed by atoms with Crippen LogP contribution in [0.25, 0.3) is 0 Å². The monoisotopic (exact) mass is 729 g/mol. The van der Waals surface area contributed by atoms with E-state index in [0.717, 1.165) is 0 Å². The van der Waals surface area contributed by atoms with Gasteiger partial charge >= 0.3 is 5.97 Å². The van der Waals surface area contributed by atoms with E-state index in [2.05, 4.69) is 11.4 Å². The van der Waals surface area contributed by atoms with Crippen molar-refractivity contribution >= 4 is 5.97 Å². The fourth-order valence-electron chi connectivity index (χ4n) is 8.43. The number of ether oxygens (including phenoxy) is 6. The maximum absolute atomic E-state index is 14.1. The predicted molar refractivity (Wildman–Crippen MR) is 188 cm³/mol. The number of methoxy groups -OCH3 is 1. The molecule has 0 spiro atoms. The van der Waals surface area contributed by atoms with Crippen LogP contribution in [0.15, 0.2) is 0 Å². The van der Waals surface area contributed by atoms with Crippen LogP contribution in [0.1, 0.15) is 94.4 Å². The molecule has 0 aromatic rings. The number of nitrogens with one attached hydrogen (secondary N) is 1. The number of nitriles is 1. The minimum Gasteiger partial charge on any atom is -0.459 e. The molecule has 3 aliphatic heterocycles. The average Bonchev–Trinajstić information content (AvgIpc) is 3.05. The summed E-state index contributed by atoms with van der Waals surface area (Å²) in [7, 11) is 3.27. The molecule has 0 aromatic heterocycles. The number of hydrogen-bond donors (Lipinski definition) is 5. The number of likely N-dealkylation sites (N-methyl/N-ethyl adjacent to an activating group) is 1. The van der Waals surface area contributed by atoms with Crippen LogP contribution in [0.4, 0.5) is 0 Å². The van der Waals surface area contributed by atoms with Crippen molar-refractivity contribution in [1.82, 2.24) is 10.2 Å². The van der Waals surface area contributed by atoms with Crippen LogP contribution < -0.4 is 5.32 Å². The first-order chi connectivity index (χ1) is 23.7. The summed E-state index contributed by atoms with van der Waals surface area (Å²) in [5, 5.41) is 58.9. The van der Waals surface area contributed by atoms with E-state index in [1.54, 1.807) is 41.7 Å². The van der Waals surface area contributed by atoms with Gasteiger partial charge in [-0.15, -0.1) is 0 Å². The van der Waals surface area contributed by atoms with Crippen LogP contribution in [0, 0.1) is 29.1 Å². The van der Waals surface area contributed by atoms with E-state index in [1.165, 1.54) is 7.11 Å². The Morgan fingerprint density at radius 2 is 1.71 bits per heavy atom. The molecule has 0 saturated carbocycles. The van der Waals surface area contributed by atoms with Crippen LogP contribution >= 0.6 is 0 Å². The van der Waals surface area contributed by atoms with Crippen LogP contribution in [0.2, 0.25) is 0 Å². The molecule has 296 valence electrons. The highest BCUT2D eigenvalue weighted by atomic mass is 16.7. The van der Waals surface area contributed by atoms with Crippen molar-refractivity contribution in [3.63, 3.8) is 0 Å². The molecule has 3 fully saturated rings. The number of nitrogens with zero attached hydrogens (tertiary/aromatic N) is 2. The van der Waals surface area contributed by atoms with Gasteiger partial charge in [0, 0.05) is 51.5 Å². The molecule has 0 unspecified atom stereocenters. The van der Waals surface area contributed by atoms with Crippen molar-refractivity contribution in [3.05, 3.63) is 0 Å². The Hall–Kier alpha value is -1.48. The van der Waals surface area contributed by atoms with Crippen molar-refractivity contribution in [2.45, 2.75) is 173 Å². The summed E-state index contributed by atoms with van der Waals surface area (Å²) in [6.07, 6.45) is -6.30. The highest BCUT2D eigenvalue weighted by Crippen LogP contribution is 2.39. The molecular weight excluding hydrogens is 662 g/mol. The minimum absolute atomic E-state index is 0.134. The van der Waals surface area contributed by atoms with E-state index < -0.39 is 83.8 Å². The molecule has 14 nitrogen and oxygen atoms in total. The minimum atomic E-state index is -1.56. The number of carbonyl (C=O) groups is 1. The van der Waals surface area contributed by atoms with Gasteiger partial charge in [0.05, 0.1) is 47.6 Å². The summed E-state index contributed by atoms with van der Waals surface area (Å²) in [6.45, 7) is 17.0. The quantitative estimate of drug-likeness (QED) is 0.217. The Labute approximate surface area is 305 Å². The van der Waals surface area contributed by atoms with Gasteiger partial charge < -0.3 is 54.2 Å². The Balaban J connectivity index is 2.14. The predicted octanol–water partition coefficient (Wildman–Crippen LogP) is 2.09. The van der Waals surface area contributed by atoms with E-state index in [-0.39, 0.29) is 43.9 Å². The highest BCUT2D eigenvalue weighted by Gasteiger charge is 2.51. The second kappa shape index (κ2) is 18.2. The van der Waals surface area contributed by atoms with Gasteiger partial charge in [-0.2, -0.15) is 5.26 Å². The van der Waals surface area contributed by atoms with Gasteiger partial charge in [-0.1, -0.05) is 20.8 Å². The molecular formula is C37H67N3O11. The average molecular weight is 730 g/mol. The molecule has 16 atom stereocenters. The topological polar surface area (TPSA) is 192 Å². The fraction of sp³-hybridized carbons (Fsp3) is 0.946. The lowest BCUT2D eigenvalue weighted by molar-refractivity contribution is -0.316. The molecule has 51 heavy (non-hydrogen) atoms. The number of β-amino-alcohol motifs (C(OH)–C–C–N with tert-alkyl or cyclic N) is 1. The van der Waals surface area contributed by atoms with E-state index in [4.69, 9.17) is 28.4 Å². The molecule has 0 aliphatic carbocycles. The summed E-state index contributed by atoms with van der Waals surface area (Å²) in [5.74, 6) is -2.46. The van der Waals surface area contributed by atoms with Crippen molar-refractivity contribution < 1.29 is 53.6 Å². The smallest absolute Gasteiger partial charge is 0.311 e. The number of aliphatic hydroxyl groups excluding tert-OH is 2. The summed E-state index contributed by atoms with van der Waals surface area (Å²) in [5.41, 5.74) is -4.01. The van der Waals surface area contributed by atoms with E-state index in [1.807, 2.05) is 32.6 Å². The maximum Gasteiger partial charge on any atom is 0.311 e. The summed E-state index contributed by atoms with van der Waals surface area (Å²) >= 11 is 0. The largest absolute Gasteiger partial charge is 0.459 e. The molecule has 5 N–H and O–H groups in total. The second-order valence-electron chi connectivity index (χ2n) is 16.2. The lowest BCUT2D eigenvalue weighted by atomic mass is 9.77. The zero-order valence-electron chi connectivity index (χ0n) is 32.7. The Bertz CT molecular complexity index is 1150. The lowest BCUT2D eigenvalue weighted by Gasteiger charge is -2.48. The van der Waals surface area contributed by atoms with Gasteiger partial charge in [0.1, 0.15) is 23.9 Å². The van der Waals surface area contributed by atoms with Gasteiger partial charge in [-0.25, -0.2) is 0 Å². The van der Waals surface area contributed by atoms with E-state index in [9.17, 15) is 30.5 Å². The first-order valence-electron chi connectivity index (χ1n) is 18.7. The van der Waals surface area contributed by atoms with Crippen molar-refractivity contribution in [2.75, 3.05) is 33.8 Å². The zero-order chi connectivity index (χ0) is 38.5. The first-order valence-corrected chi connectivity index (χ1v) is 18.7. The molecule has 3 saturated heterocycles. The number of aliphatic hydroxyl groups is 4. The molecule has 0 radical (unpaired) electrons. The van der Waals surface area contributed by atoms with Gasteiger partial charge in [0.2, 0.25) is 0 Å². The van der Waals surface area contributed by atoms with Crippen LogP contribution in [0.3, 0.4) is 0 Å². The third-order valence-electron chi connectivity index (χ3n) is 11.3. The second-order valence-corrected chi connectivity index (χ2v) is 16.2. The molecule has 0 aromatic carbocycles. The van der Waals surface area contributed by atoms with Crippen molar-refractivity contribution in [2.24, 2.45) is 17.8 Å². The standard InChI is InChI=1S/C37H67N3O11/c1-12-27-36(8,45)20-40(15-13-14-38)19-21(2)17-35(7,44)32(51-34-29(41)26(39-10)16-22(3)47-34)23(4)30(24(5)33(43)49-27)50-28-18-37(9,46-11)31(42)25(6)48-28/h21-32,34,39,41-42,44-45H,12-13,15-20H2,1-11H3/t21-,22-,23+,24-,25+,26+,27-,28+,29-,30+,31+,32-,34+,35-,36+,37-/m1/s1. The number of rotatable bonds is 9. The van der Waals surface area contributed by atoms with E-state index in [0.29, 0.717) is 25.9 Å². The van der Waals surface area contributed by atoms with Gasteiger partial charge in [0.25, 0.3) is 0 Å². The summed E-state index contributed by atoms with van der Waals surface area (Å²) in [6, 6.07) is 1.86. The van der Waals surface area contributed by atoms with E-state index >= 15 is 0 Å². The third-order valence-corrected chi connectivity index (χ3v) is 11.3. The summed E-state index contributed by atoms with van der Waals surface area (Å²) < 4.78 is 37.4. The van der Waals surface area contributed by atoms with Gasteiger partial charge in [-0.3, -0.25) is 9.69 Å².